The highest BCUT2D eigenvalue weighted by Gasteiger charge is 2.29. The second kappa shape index (κ2) is 14.4. The maximum atomic E-state index is 13.4. The predicted molar refractivity (Wildman–Crippen MR) is 165 cm³/mol. The molecule has 0 saturated carbocycles. The van der Waals surface area contributed by atoms with Crippen LogP contribution in [0, 0.1) is 0 Å². The van der Waals surface area contributed by atoms with Crippen LogP contribution in [0.2, 0.25) is 0 Å². The van der Waals surface area contributed by atoms with E-state index in [2.05, 4.69) is 16.0 Å². The molecule has 0 bridgehead atoms. The Balaban J connectivity index is 1.57. The summed E-state index contributed by atoms with van der Waals surface area (Å²) in [6.45, 7) is 2.26. The number of nitrogens with one attached hydrogen (secondary N) is 3. The van der Waals surface area contributed by atoms with E-state index in [4.69, 9.17) is 18.9 Å². The molecular weight excluding hydrogens is 550 g/mol. The van der Waals surface area contributed by atoms with Crippen molar-refractivity contribution in [3.63, 3.8) is 0 Å². The molecule has 0 aromatic heterocycles. The summed E-state index contributed by atoms with van der Waals surface area (Å²) >= 11 is 0. The minimum Gasteiger partial charge on any atom is -0.496 e. The summed E-state index contributed by atoms with van der Waals surface area (Å²) in [6.07, 6.45) is 2.02. The molecule has 0 spiro atoms. The number of rotatable bonds is 12. The van der Waals surface area contributed by atoms with Crippen molar-refractivity contribution in [2.24, 2.45) is 0 Å². The SMILES string of the molecule is COc1ccccc1CNC(=O)CCCNc1ccc2c(cc1=O)C(NC(C)=O)CCc1cc(OC)c(OC)c(OC)c1-2. The van der Waals surface area contributed by atoms with Crippen LogP contribution in [0.4, 0.5) is 5.69 Å². The number of methoxy groups -OCH3 is 4. The van der Waals surface area contributed by atoms with Crippen LogP contribution < -0.4 is 40.3 Å². The molecule has 0 saturated heterocycles. The number of fused-ring (bicyclic) bond motifs is 3. The van der Waals surface area contributed by atoms with E-state index >= 15 is 0 Å². The molecular formula is C33H39N3O7. The van der Waals surface area contributed by atoms with E-state index in [0.29, 0.717) is 67.3 Å². The molecule has 43 heavy (non-hydrogen) atoms. The van der Waals surface area contributed by atoms with Crippen LogP contribution in [0.1, 0.15) is 48.9 Å². The van der Waals surface area contributed by atoms with Crippen LogP contribution in [-0.2, 0) is 22.6 Å². The van der Waals surface area contributed by atoms with Gasteiger partial charge in [-0.05, 0) is 60.2 Å². The lowest BCUT2D eigenvalue weighted by Gasteiger charge is -2.19. The third kappa shape index (κ3) is 7.20. The van der Waals surface area contributed by atoms with Gasteiger partial charge in [-0.25, -0.2) is 0 Å². The molecule has 2 amide bonds. The van der Waals surface area contributed by atoms with Crippen molar-refractivity contribution in [2.45, 2.75) is 45.2 Å². The van der Waals surface area contributed by atoms with Gasteiger partial charge in [0.1, 0.15) is 5.75 Å². The molecule has 0 aliphatic heterocycles. The second-order valence-electron chi connectivity index (χ2n) is 10.2. The van der Waals surface area contributed by atoms with Gasteiger partial charge in [-0.3, -0.25) is 14.4 Å². The predicted octanol–water partition coefficient (Wildman–Crippen LogP) is 4.38. The van der Waals surface area contributed by atoms with Crippen LogP contribution in [0.3, 0.4) is 0 Å². The fourth-order valence-corrected chi connectivity index (χ4v) is 5.46. The quantitative estimate of drug-likeness (QED) is 0.266. The minimum absolute atomic E-state index is 0.0911. The maximum Gasteiger partial charge on any atom is 0.220 e. The van der Waals surface area contributed by atoms with E-state index in [1.807, 2.05) is 36.4 Å². The largest absolute Gasteiger partial charge is 0.496 e. The number of benzene rings is 2. The van der Waals surface area contributed by atoms with Gasteiger partial charge in [0, 0.05) is 37.6 Å². The zero-order valence-electron chi connectivity index (χ0n) is 25.3. The van der Waals surface area contributed by atoms with Gasteiger partial charge in [-0.1, -0.05) is 24.3 Å². The lowest BCUT2D eigenvalue weighted by atomic mass is 9.95. The van der Waals surface area contributed by atoms with Crippen molar-refractivity contribution in [3.8, 4) is 34.1 Å². The highest BCUT2D eigenvalue weighted by atomic mass is 16.5. The molecule has 0 radical (unpaired) electrons. The van der Waals surface area contributed by atoms with Gasteiger partial charge in [-0.2, -0.15) is 0 Å². The zero-order valence-corrected chi connectivity index (χ0v) is 25.3. The summed E-state index contributed by atoms with van der Waals surface area (Å²) < 4.78 is 22.4. The number of para-hydroxylation sites is 1. The van der Waals surface area contributed by atoms with E-state index in [0.717, 1.165) is 28.0 Å². The molecule has 1 unspecified atom stereocenters. The number of carbonyl (C=O) groups excluding carboxylic acids is 2. The number of carbonyl (C=O) groups is 2. The van der Waals surface area contributed by atoms with E-state index in [-0.39, 0.29) is 23.3 Å². The third-order valence-corrected chi connectivity index (χ3v) is 7.48. The molecule has 3 N–H and O–H groups in total. The zero-order chi connectivity index (χ0) is 30.9. The van der Waals surface area contributed by atoms with E-state index in [1.165, 1.54) is 6.92 Å². The normalized spacial score (nSPS) is 13.5. The molecule has 0 fully saturated rings. The average molecular weight is 590 g/mol. The van der Waals surface area contributed by atoms with Crippen LogP contribution in [0.25, 0.3) is 11.1 Å². The summed E-state index contributed by atoms with van der Waals surface area (Å²) in [5.41, 5.74) is 4.26. The van der Waals surface area contributed by atoms with Gasteiger partial charge in [-0.15, -0.1) is 0 Å². The Kier molecular flexibility index (Phi) is 10.5. The molecule has 1 aliphatic carbocycles. The second-order valence-corrected chi connectivity index (χ2v) is 10.2. The molecule has 4 rings (SSSR count). The highest BCUT2D eigenvalue weighted by Crippen LogP contribution is 2.50. The fourth-order valence-electron chi connectivity index (χ4n) is 5.46. The van der Waals surface area contributed by atoms with Crippen molar-refractivity contribution in [1.82, 2.24) is 10.6 Å². The van der Waals surface area contributed by atoms with Crippen molar-refractivity contribution in [3.05, 3.63) is 75.4 Å². The Labute approximate surface area is 251 Å². The van der Waals surface area contributed by atoms with E-state index < -0.39 is 0 Å². The Bertz CT molecular complexity index is 1540. The first kappa shape index (κ1) is 31.2. The van der Waals surface area contributed by atoms with Crippen molar-refractivity contribution < 1.29 is 28.5 Å². The Morgan fingerprint density at radius 1 is 0.907 bits per heavy atom. The van der Waals surface area contributed by atoms with Crippen molar-refractivity contribution >= 4 is 17.5 Å². The number of hydrogen-bond donors (Lipinski definition) is 3. The number of ether oxygens (including phenoxy) is 4. The van der Waals surface area contributed by atoms with Crippen molar-refractivity contribution in [1.29, 1.82) is 0 Å². The molecule has 0 heterocycles. The summed E-state index contributed by atoms with van der Waals surface area (Å²) in [4.78, 5) is 38.0. The monoisotopic (exact) mass is 589 g/mol. The molecule has 10 heteroatoms. The molecule has 3 aromatic carbocycles. The third-order valence-electron chi connectivity index (χ3n) is 7.48. The molecule has 10 nitrogen and oxygen atoms in total. The Morgan fingerprint density at radius 2 is 1.65 bits per heavy atom. The number of amides is 2. The first-order valence-corrected chi connectivity index (χ1v) is 14.2. The smallest absolute Gasteiger partial charge is 0.220 e. The van der Waals surface area contributed by atoms with Gasteiger partial charge in [0.25, 0.3) is 0 Å². The minimum atomic E-state index is -0.388. The summed E-state index contributed by atoms with van der Waals surface area (Å²) in [7, 11) is 6.28. The Hall–Kier alpha value is -4.73. The van der Waals surface area contributed by atoms with Crippen molar-refractivity contribution in [2.75, 3.05) is 40.3 Å². The lowest BCUT2D eigenvalue weighted by molar-refractivity contribution is -0.121. The van der Waals surface area contributed by atoms with Gasteiger partial charge < -0.3 is 34.9 Å². The highest BCUT2D eigenvalue weighted by molar-refractivity contribution is 5.84. The van der Waals surface area contributed by atoms with Gasteiger partial charge in [0.15, 0.2) is 11.5 Å². The van der Waals surface area contributed by atoms with Gasteiger partial charge >= 0.3 is 0 Å². The molecule has 1 atom stereocenters. The topological polar surface area (TPSA) is 124 Å². The van der Waals surface area contributed by atoms with Crippen LogP contribution in [-0.4, -0.2) is 46.8 Å². The van der Waals surface area contributed by atoms with Crippen LogP contribution in [0.15, 0.2) is 53.3 Å². The van der Waals surface area contributed by atoms with Crippen LogP contribution in [0.5, 0.6) is 23.0 Å². The fraction of sp³-hybridized carbons (Fsp3) is 0.364. The summed E-state index contributed by atoms with van der Waals surface area (Å²) in [5.74, 6) is 1.92. The Morgan fingerprint density at radius 3 is 2.35 bits per heavy atom. The molecule has 228 valence electrons. The van der Waals surface area contributed by atoms with Gasteiger partial charge in [0.2, 0.25) is 23.0 Å². The lowest BCUT2D eigenvalue weighted by Crippen LogP contribution is -2.26. The van der Waals surface area contributed by atoms with Gasteiger partial charge in [0.05, 0.1) is 40.2 Å². The van der Waals surface area contributed by atoms with E-state index in [9.17, 15) is 14.4 Å². The molecule has 3 aromatic rings. The van der Waals surface area contributed by atoms with Crippen LogP contribution >= 0.6 is 0 Å². The number of anilines is 1. The van der Waals surface area contributed by atoms with E-state index in [1.54, 1.807) is 40.6 Å². The first-order chi connectivity index (χ1) is 20.8. The summed E-state index contributed by atoms with van der Waals surface area (Å²) in [5, 5.41) is 9.12. The first-order valence-electron chi connectivity index (χ1n) is 14.2. The molecule has 1 aliphatic rings. The number of aryl methyl sites for hydroxylation is 1. The summed E-state index contributed by atoms with van der Waals surface area (Å²) in [6, 6.07) is 14.2. The number of hydrogen-bond acceptors (Lipinski definition) is 8. The average Bonchev–Trinajstić information content (AvgIpc) is 3.25. The standard InChI is InChI=1S/C33H39N3O7/c1-20(37)36-25-14-12-21-17-29(41-3)32(42-4)33(43-5)31(21)23-13-15-26(27(38)18-24(23)25)34-16-8-11-30(39)35-19-22-9-6-7-10-28(22)40-2/h6-7,9-10,13,15,17-18,25H,8,11-12,14,16,19H2,1-5H3,(H,34,38)(H,35,39)(H,36,37). The maximum absolute atomic E-state index is 13.4.